The van der Waals surface area contributed by atoms with Crippen LogP contribution in [0.15, 0.2) is 24.3 Å². The van der Waals surface area contributed by atoms with Gasteiger partial charge in [-0.3, -0.25) is 0 Å². The molecule has 0 spiro atoms. The molecule has 1 aromatic rings. The summed E-state index contributed by atoms with van der Waals surface area (Å²) in [6.45, 7) is 3.36. The normalized spacial score (nSPS) is 11.9. The second-order valence-electron chi connectivity index (χ2n) is 3.37. The molecule has 0 radical (unpaired) electrons. The molecule has 1 N–H and O–H groups in total. The molecule has 0 fully saturated rings. The molecular weight excluding hydrogens is 217 g/mol. The standard InChI is InChI=1S/C11H16FNO.ClH/c1-9(8-14-2)13-7-10-4-3-5-11(12)6-10;/h3-6,9,13H,7-8H2,1-2H3;1H. The summed E-state index contributed by atoms with van der Waals surface area (Å²) in [4.78, 5) is 0. The van der Waals surface area contributed by atoms with Crippen LogP contribution in [0, 0.1) is 5.82 Å². The summed E-state index contributed by atoms with van der Waals surface area (Å²) in [7, 11) is 1.67. The summed E-state index contributed by atoms with van der Waals surface area (Å²) in [5.41, 5.74) is 0.952. The minimum Gasteiger partial charge on any atom is -0.383 e. The monoisotopic (exact) mass is 233 g/mol. The molecule has 1 unspecified atom stereocenters. The first kappa shape index (κ1) is 14.4. The van der Waals surface area contributed by atoms with Crippen LogP contribution in [0.25, 0.3) is 0 Å². The van der Waals surface area contributed by atoms with Crippen molar-refractivity contribution in [3.05, 3.63) is 35.6 Å². The number of methoxy groups -OCH3 is 1. The van der Waals surface area contributed by atoms with Crippen LogP contribution in [0.2, 0.25) is 0 Å². The molecule has 1 atom stereocenters. The van der Waals surface area contributed by atoms with Crippen molar-refractivity contribution in [1.29, 1.82) is 0 Å². The Balaban J connectivity index is 0.00000196. The van der Waals surface area contributed by atoms with E-state index in [1.165, 1.54) is 12.1 Å². The summed E-state index contributed by atoms with van der Waals surface area (Å²) in [5, 5.41) is 3.24. The van der Waals surface area contributed by atoms with Gasteiger partial charge in [0.05, 0.1) is 6.61 Å². The maximum Gasteiger partial charge on any atom is 0.123 e. The average Bonchev–Trinajstić information content (AvgIpc) is 2.15. The van der Waals surface area contributed by atoms with Gasteiger partial charge in [0.15, 0.2) is 0 Å². The van der Waals surface area contributed by atoms with Gasteiger partial charge in [-0.05, 0) is 24.6 Å². The Hall–Kier alpha value is -0.640. The molecule has 1 rings (SSSR count). The minimum atomic E-state index is -0.191. The maximum atomic E-state index is 12.8. The molecule has 0 aliphatic carbocycles. The van der Waals surface area contributed by atoms with Crippen LogP contribution in [-0.4, -0.2) is 19.8 Å². The van der Waals surface area contributed by atoms with Crippen molar-refractivity contribution in [2.75, 3.05) is 13.7 Å². The van der Waals surface area contributed by atoms with E-state index in [1.807, 2.05) is 13.0 Å². The molecule has 86 valence electrons. The zero-order valence-electron chi connectivity index (χ0n) is 9.00. The number of hydrogen-bond donors (Lipinski definition) is 1. The fraction of sp³-hybridized carbons (Fsp3) is 0.455. The van der Waals surface area contributed by atoms with Gasteiger partial charge >= 0.3 is 0 Å². The van der Waals surface area contributed by atoms with Gasteiger partial charge in [0, 0.05) is 19.7 Å². The fourth-order valence-corrected chi connectivity index (χ4v) is 1.25. The Morgan fingerprint density at radius 1 is 1.47 bits per heavy atom. The Kier molecular flexibility index (Phi) is 7.30. The summed E-state index contributed by atoms with van der Waals surface area (Å²) in [6, 6.07) is 6.88. The second kappa shape index (κ2) is 7.63. The Bertz CT molecular complexity index is 283. The third-order valence-electron chi connectivity index (χ3n) is 1.96. The van der Waals surface area contributed by atoms with Crippen LogP contribution in [-0.2, 0) is 11.3 Å². The molecule has 0 aliphatic heterocycles. The van der Waals surface area contributed by atoms with Gasteiger partial charge in [0.1, 0.15) is 5.82 Å². The first-order valence-electron chi connectivity index (χ1n) is 4.69. The maximum absolute atomic E-state index is 12.8. The summed E-state index contributed by atoms with van der Waals surface area (Å²) in [6.07, 6.45) is 0. The SMILES string of the molecule is COCC(C)NCc1cccc(F)c1.Cl. The van der Waals surface area contributed by atoms with Crippen molar-refractivity contribution in [2.45, 2.75) is 19.5 Å². The van der Waals surface area contributed by atoms with Crippen LogP contribution in [0.1, 0.15) is 12.5 Å². The van der Waals surface area contributed by atoms with Crippen LogP contribution in [0.5, 0.6) is 0 Å². The van der Waals surface area contributed by atoms with E-state index in [1.54, 1.807) is 13.2 Å². The van der Waals surface area contributed by atoms with Gasteiger partial charge < -0.3 is 10.1 Å². The van der Waals surface area contributed by atoms with Crippen molar-refractivity contribution >= 4 is 12.4 Å². The number of nitrogens with one attached hydrogen (secondary N) is 1. The van der Waals surface area contributed by atoms with E-state index < -0.39 is 0 Å². The Morgan fingerprint density at radius 3 is 2.80 bits per heavy atom. The number of rotatable bonds is 5. The van der Waals surface area contributed by atoms with Gasteiger partial charge in [0.2, 0.25) is 0 Å². The van der Waals surface area contributed by atoms with Crippen LogP contribution >= 0.6 is 12.4 Å². The highest BCUT2D eigenvalue weighted by molar-refractivity contribution is 5.85. The zero-order chi connectivity index (χ0) is 10.4. The molecule has 4 heteroatoms. The Morgan fingerprint density at radius 2 is 2.20 bits per heavy atom. The molecule has 0 saturated carbocycles. The van der Waals surface area contributed by atoms with Crippen molar-refractivity contribution in [3.8, 4) is 0 Å². The molecule has 1 aromatic carbocycles. The van der Waals surface area contributed by atoms with Gasteiger partial charge in [0.25, 0.3) is 0 Å². The van der Waals surface area contributed by atoms with Crippen molar-refractivity contribution < 1.29 is 9.13 Å². The van der Waals surface area contributed by atoms with E-state index in [9.17, 15) is 4.39 Å². The Labute approximate surface area is 96.2 Å². The van der Waals surface area contributed by atoms with E-state index in [0.29, 0.717) is 13.2 Å². The van der Waals surface area contributed by atoms with Crippen LogP contribution in [0.3, 0.4) is 0 Å². The molecular formula is C11H17ClFNO. The van der Waals surface area contributed by atoms with Gasteiger partial charge in [-0.2, -0.15) is 0 Å². The van der Waals surface area contributed by atoms with Crippen LogP contribution < -0.4 is 5.32 Å². The average molecular weight is 234 g/mol. The first-order valence-corrected chi connectivity index (χ1v) is 4.69. The highest BCUT2D eigenvalue weighted by Gasteiger charge is 2.00. The summed E-state index contributed by atoms with van der Waals surface area (Å²) < 4.78 is 17.8. The third kappa shape index (κ3) is 5.72. The lowest BCUT2D eigenvalue weighted by atomic mass is 10.2. The van der Waals surface area contributed by atoms with Gasteiger partial charge in [-0.1, -0.05) is 12.1 Å². The van der Waals surface area contributed by atoms with Crippen molar-refractivity contribution in [1.82, 2.24) is 5.32 Å². The van der Waals surface area contributed by atoms with E-state index in [-0.39, 0.29) is 24.3 Å². The highest BCUT2D eigenvalue weighted by Crippen LogP contribution is 2.03. The molecule has 0 saturated heterocycles. The number of benzene rings is 1. The smallest absolute Gasteiger partial charge is 0.123 e. The summed E-state index contributed by atoms with van der Waals surface area (Å²) >= 11 is 0. The molecule has 0 aliphatic rings. The predicted octanol–water partition coefficient (Wildman–Crippen LogP) is 2.37. The van der Waals surface area contributed by atoms with Gasteiger partial charge in [-0.25, -0.2) is 4.39 Å². The first-order chi connectivity index (χ1) is 6.72. The lowest BCUT2D eigenvalue weighted by Gasteiger charge is -2.12. The fourth-order valence-electron chi connectivity index (χ4n) is 1.25. The molecule has 0 heterocycles. The minimum absolute atomic E-state index is 0. The molecule has 2 nitrogen and oxygen atoms in total. The van der Waals surface area contributed by atoms with Crippen LogP contribution in [0.4, 0.5) is 4.39 Å². The summed E-state index contributed by atoms with van der Waals surface area (Å²) in [5.74, 6) is -0.191. The lowest BCUT2D eigenvalue weighted by molar-refractivity contribution is 0.171. The third-order valence-corrected chi connectivity index (χ3v) is 1.96. The van der Waals surface area contributed by atoms with E-state index in [0.717, 1.165) is 5.56 Å². The molecule has 0 amide bonds. The highest BCUT2D eigenvalue weighted by atomic mass is 35.5. The molecule has 0 aromatic heterocycles. The molecule has 15 heavy (non-hydrogen) atoms. The predicted molar refractivity (Wildman–Crippen MR) is 61.8 cm³/mol. The van der Waals surface area contributed by atoms with E-state index in [4.69, 9.17) is 4.74 Å². The van der Waals surface area contributed by atoms with E-state index in [2.05, 4.69) is 5.32 Å². The zero-order valence-corrected chi connectivity index (χ0v) is 9.81. The number of hydrogen-bond acceptors (Lipinski definition) is 2. The quantitative estimate of drug-likeness (QED) is 0.843. The van der Waals surface area contributed by atoms with E-state index >= 15 is 0 Å². The van der Waals surface area contributed by atoms with Crippen molar-refractivity contribution in [3.63, 3.8) is 0 Å². The number of ether oxygens (including phenoxy) is 1. The largest absolute Gasteiger partial charge is 0.383 e. The second-order valence-corrected chi connectivity index (χ2v) is 3.37. The lowest BCUT2D eigenvalue weighted by Crippen LogP contribution is -2.29. The topological polar surface area (TPSA) is 21.3 Å². The van der Waals surface area contributed by atoms with Gasteiger partial charge in [-0.15, -0.1) is 12.4 Å². The molecule has 0 bridgehead atoms. The number of halogens is 2. The van der Waals surface area contributed by atoms with Crippen molar-refractivity contribution in [2.24, 2.45) is 0 Å².